The average molecular weight is 327 g/mol. The summed E-state index contributed by atoms with van der Waals surface area (Å²) in [6, 6.07) is 0. The van der Waals surface area contributed by atoms with Crippen LogP contribution in [0.15, 0.2) is 11.0 Å². The summed E-state index contributed by atoms with van der Waals surface area (Å²) >= 11 is 1.91. The van der Waals surface area contributed by atoms with Crippen LogP contribution >= 0.6 is 11.8 Å². The van der Waals surface area contributed by atoms with Gasteiger partial charge in [-0.1, -0.05) is 0 Å². The highest BCUT2D eigenvalue weighted by molar-refractivity contribution is 7.99. The van der Waals surface area contributed by atoms with Crippen molar-refractivity contribution < 1.29 is 14.9 Å². The van der Waals surface area contributed by atoms with Crippen LogP contribution in [0.25, 0.3) is 0 Å². The zero-order valence-corrected chi connectivity index (χ0v) is 13.3. The standard InChI is InChI=1S/C14H21N3O4S/c1-9-7-17(12-6-10(19)11(8-18)21-12)14(20)15-13(9)16-2-4-22-5-3-16/h7,10-12,18-19H,2-6,8H2,1H3/t10-,11+,12-/m1/s1. The third kappa shape index (κ3) is 3.01. The van der Waals surface area contributed by atoms with E-state index < -0.39 is 18.4 Å². The van der Waals surface area contributed by atoms with Crippen LogP contribution in [0, 0.1) is 6.92 Å². The van der Waals surface area contributed by atoms with Gasteiger partial charge >= 0.3 is 5.69 Å². The van der Waals surface area contributed by atoms with Gasteiger partial charge in [0.15, 0.2) is 0 Å². The third-order valence-electron chi connectivity index (χ3n) is 4.11. The summed E-state index contributed by atoms with van der Waals surface area (Å²) in [4.78, 5) is 18.7. The van der Waals surface area contributed by atoms with E-state index in [0.29, 0.717) is 0 Å². The number of hydrogen-bond donors (Lipinski definition) is 2. The van der Waals surface area contributed by atoms with Crippen molar-refractivity contribution in [1.29, 1.82) is 0 Å². The minimum Gasteiger partial charge on any atom is -0.394 e. The first kappa shape index (κ1) is 15.8. The smallest absolute Gasteiger partial charge is 0.351 e. The lowest BCUT2D eigenvalue weighted by molar-refractivity contribution is -0.0459. The second-order valence-electron chi connectivity index (χ2n) is 5.65. The molecule has 0 saturated carbocycles. The summed E-state index contributed by atoms with van der Waals surface area (Å²) in [6.07, 6.45) is 0.0454. The zero-order chi connectivity index (χ0) is 15.7. The van der Waals surface area contributed by atoms with Crippen LogP contribution in [0.4, 0.5) is 5.82 Å². The lowest BCUT2D eigenvalue weighted by Gasteiger charge is -2.29. The normalized spacial score (nSPS) is 29.0. The molecule has 0 aromatic carbocycles. The lowest BCUT2D eigenvalue weighted by Crippen LogP contribution is -2.37. The Kier molecular flexibility index (Phi) is 4.72. The second kappa shape index (κ2) is 6.57. The van der Waals surface area contributed by atoms with Gasteiger partial charge in [-0.3, -0.25) is 4.57 Å². The molecule has 0 amide bonds. The average Bonchev–Trinajstić information content (AvgIpc) is 2.91. The van der Waals surface area contributed by atoms with Crippen molar-refractivity contribution in [3.8, 4) is 0 Å². The van der Waals surface area contributed by atoms with E-state index in [1.807, 2.05) is 18.7 Å². The quantitative estimate of drug-likeness (QED) is 0.791. The van der Waals surface area contributed by atoms with Crippen LogP contribution in [0.1, 0.15) is 18.2 Å². The highest BCUT2D eigenvalue weighted by Crippen LogP contribution is 2.28. The van der Waals surface area contributed by atoms with E-state index in [0.717, 1.165) is 36.0 Å². The van der Waals surface area contributed by atoms with Gasteiger partial charge < -0.3 is 19.8 Å². The van der Waals surface area contributed by atoms with Crippen molar-refractivity contribution in [1.82, 2.24) is 9.55 Å². The van der Waals surface area contributed by atoms with Gasteiger partial charge in [-0.15, -0.1) is 0 Å². The monoisotopic (exact) mass is 327 g/mol. The van der Waals surface area contributed by atoms with Gasteiger partial charge in [0.25, 0.3) is 0 Å². The molecular formula is C14H21N3O4S. The number of anilines is 1. The maximum absolute atomic E-state index is 12.3. The molecule has 3 atom stereocenters. The summed E-state index contributed by atoms with van der Waals surface area (Å²) in [5.41, 5.74) is 0.534. The first-order valence-electron chi connectivity index (χ1n) is 7.47. The summed E-state index contributed by atoms with van der Waals surface area (Å²) in [6.45, 7) is 3.46. The molecule has 1 aromatic heterocycles. The van der Waals surface area contributed by atoms with Crippen molar-refractivity contribution in [2.75, 3.05) is 36.1 Å². The Morgan fingerprint density at radius 3 is 2.82 bits per heavy atom. The molecule has 0 aliphatic carbocycles. The third-order valence-corrected chi connectivity index (χ3v) is 5.06. The SMILES string of the molecule is Cc1cn([C@H]2C[C@@H](O)[C@H](CO)O2)c(=O)nc1N1CCSCC1. The molecule has 2 aliphatic heterocycles. The Morgan fingerprint density at radius 2 is 2.18 bits per heavy atom. The molecule has 3 rings (SSSR count). The van der Waals surface area contributed by atoms with Crippen LogP contribution in [0.2, 0.25) is 0 Å². The fourth-order valence-electron chi connectivity index (χ4n) is 2.91. The molecule has 0 spiro atoms. The number of rotatable bonds is 3. The molecule has 122 valence electrons. The Labute approximate surface area is 132 Å². The van der Waals surface area contributed by atoms with E-state index in [-0.39, 0.29) is 18.7 Å². The maximum atomic E-state index is 12.3. The number of aromatic nitrogens is 2. The minimum absolute atomic E-state index is 0.262. The van der Waals surface area contributed by atoms with E-state index in [2.05, 4.69) is 9.88 Å². The number of aliphatic hydroxyl groups is 2. The van der Waals surface area contributed by atoms with Crippen molar-refractivity contribution in [3.05, 3.63) is 22.2 Å². The first-order valence-corrected chi connectivity index (χ1v) is 8.62. The summed E-state index contributed by atoms with van der Waals surface area (Å²) in [5, 5.41) is 19.0. The van der Waals surface area contributed by atoms with Crippen LogP contribution in [-0.4, -0.2) is 63.2 Å². The van der Waals surface area contributed by atoms with Crippen LogP contribution < -0.4 is 10.6 Å². The highest BCUT2D eigenvalue weighted by Gasteiger charge is 2.35. The molecule has 8 heteroatoms. The van der Waals surface area contributed by atoms with Crippen LogP contribution in [-0.2, 0) is 4.74 Å². The molecule has 0 radical (unpaired) electrons. The second-order valence-corrected chi connectivity index (χ2v) is 6.88. The Hall–Kier alpha value is -1.09. The lowest BCUT2D eigenvalue weighted by atomic mass is 10.2. The number of aryl methyl sites for hydroxylation is 1. The van der Waals surface area contributed by atoms with Gasteiger partial charge in [-0.2, -0.15) is 16.7 Å². The molecule has 7 nitrogen and oxygen atoms in total. The van der Waals surface area contributed by atoms with Crippen molar-refractivity contribution in [2.45, 2.75) is 31.8 Å². The fraction of sp³-hybridized carbons (Fsp3) is 0.714. The van der Waals surface area contributed by atoms with E-state index in [1.165, 1.54) is 4.57 Å². The van der Waals surface area contributed by atoms with Crippen LogP contribution in [0.5, 0.6) is 0 Å². The van der Waals surface area contributed by atoms with Gasteiger partial charge in [-0.25, -0.2) is 4.79 Å². The molecule has 0 unspecified atom stereocenters. The number of aliphatic hydroxyl groups excluding tert-OH is 2. The zero-order valence-electron chi connectivity index (χ0n) is 12.5. The van der Waals surface area contributed by atoms with Gasteiger partial charge in [0.2, 0.25) is 0 Å². The topological polar surface area (TPSA) is 87.8 Å². The minimum atomic E-state index is -0.763. The number of ether oxygens (including phenoxy) is 1. The van der Waals surface area contributed by atoms with Crippen molar-refractivity contribution in [2.24, 2.45) is 0 Å². The molecule has 22 heavy (non-hydrogen) atoms. The van der Waals surface area contributed by atoms with Gasteiger partial charge in [-0.05, 0) is 6.92 Å². The molecular weight excluding hydrogens is 306 g/mol. The number of nitrogens with zero attached hydrogens (tertiary/aromatic N) is 3. The number of thioether (sulfide) groups is 1. The fourth-order valence-corrected chi connectivity index (χ4v) is 3.81. The Bertz CT molecular complexity index is 588. The van der Waals surface area contributed by atoms with E-state index in [1.54, 1.807) is 6.20 Å². The molecule has 2 fully saturated rings. The molecule has 2 aliphatic rings. The summed E-state index contributed by atoms with van der Waals surface area (Å²) < 4.78 is 6.95. The maximum Gasteiger partial charge on any atom is 0.351 e. The molecule has 3 heterocycles. The Morgan fingerprint density at radius 1 is 1.45 bits per heavy atom. The molecule has 1 aromatic rings. The molecule has 0 bridgehead atoms. The van der Waals surface area contributed by atoms with Gasteiger partial charge in [0.1, 0.15) is 18.1 Å². The van der Waals surface area contributed by atoms with Crippen molar-refractivity contribution in [3.63, 3.8) is 0 Å². The summed E-state index contributed by atoms with van der Waals surface area (Å²) in [7, 11) is 0. The number of hydrogen-bond acceptors (Lipinski definition) is 7. The van der Waals surface area contributed by atoms with E-state index in [9.17, 15) is 9.90 Å². The predicted molar refractivity (Wildman–Crippen MR) is 84.4 cm³/mol. The van der Waals surface area contributed by atoms with Gasteiger partial charge in [0, 0.05) is 42.8 Å². The highest BCUT2D eigenvalue weighted by atomic mass is 32.2. The predicted octanol–water partition coefficient (Wildman–Crippen LogP) is -0.254. The van der Waals surface area contributed by atoms with Crippen LogP contribution in [0.3, 0.4) is 0 Å². The van der Waals surface area contributed by atoms with Crippen molar-refractivity contribution >= 4 is 17.6 Å². The first-order chi connectivity index (χ1) is 10.6. The summed E-state index contributed by atoms with van der Waals surface area (Å²) in [5.74, 6) is 2.82. The Balaban J connectivity index is 1.85. The van der Waals surface area contributed by atoms with Gasteiger partial charge in [0.05, 0.1) is 12.7 Å². The van der Waals surface area contributed by atoms with E-state index >= 15 is 0 Å². The van der Waals surface area contributed by atoms with E-state index in [4.69, 9.17) is 9.84 Å². The molecule has 2 N–H and O–H groups in total. The molecule has 2 saturated heterocycles. The largest absolute Gasteiger partial charge is 0.394 e.